The Kier molecular flexibility index (Phi) is 6.08. The van der Waals surface area contributed by atoms with E-state index in [1.807, 2.05) is 36.9 Å². The number of aromatic nitrogens is 2. The molecule has 1 aliphatic heterocycles. The van der Waals surface area contributed by atoms with Gasteiger partial charge in [0.1, 0.15) is 11.5 Å². The zero-order valence-electron chi connectivity index (χ0n) is 16.4. The molecular weight excluding hydrogens is 358 g/mol. The van der Waals surface area contributed by atoms with Crippen LogP contribution in [0.4, 0.5) is 16.3 Å². The van der Waals surface area contributed by atoms with Crippen LogP contribution in [0.1, 0.15) is 28.5 Å². The lowest BCUT2D eigenvalue weighted by Gasteiger charge is -2.34. The molecule has 2 amide bonds. The van der Waals surface area contributed by atoms with Crippen molar-refractivity contribution in [1.29, 1.82) is 0 Å². The quantitative estimate of drug-likeness (QED) is 0.873. The van der Waals surface area contributed by atoms with Gasteiger partial charge in [-0.1, -0.05) is 18.2 Å². The maximum absolute atomic E-state index is 12.5. The monoisotopic (exact) mass is 383 g/mol. The summed E-state index contributed by atoms with van der Waals surface area (Å²) in [4.78, 5) is 36.6. The third-order valence-electron chi connectivity index (χ3n) is 4.72. The molecule has 0 atom stereocenters. The third-order valence-corrected chi connectivity index (χ3v) is 4.72. The fourth-order valence-electron chi connectivity index (χ4n) is 3.12. The smallest absolute Gasteiger partial charge is 0.409 e. The van der Waals surface area contributed by atoms with Crippen LogP contribution in [0.2, 0.25) is 0 Å². The number of nitrogens with zero attached hydrogens (tertiary/aromatic N) is 4. The molecule has 1 N–H and O–H groups in total. The highest BCUT2D eigenvalue weighted by atomic mass is 16.6. The fraction of sp³-hybridized carbons (Fsp3) is 0.400. The average molecular weight is 383 g/mol. The maximum Gasteiger partial charge on any atom is 0.409 e. The molecule has 0 radical (unpaired) electrons. The lowest BCUT2D eigenvalue weighted by molar-refractivity contribution is 0.101. The Hall–Kier alpha value is -3.16. The molecule has 0 saturated carbocycles. The Morgan fingerprint density at radius 1 is 1.07 bits per heavy atom. The third kappa shape index (κ3) is 4.39. The van der Waals surface area contributed by atoms with Crippen molar-refractivity contribution < 1.29 is 14.3 Å². The lowest BCUT2D eigenvalue weighted by Crippen LogP contribution is -2.49. The first kappa shape index (κ1) is 19.6. The van der Waals surface area contributed by atoms with E-state index < -0.39 is 0 Å². The summed E-state index contributed by atoms with van der Waals surface area (Å²) >= 11 is 0. The summed E-state index contributed by atoms with van der Waals surface area (Å²) in [5.74, 6) is 0.399. The van der Waals surface area contributed by atoms with Gasteiger partial charge in [-0.3, -0.25) is 4.79 Å². The molecule has 2 heterocycles. The number of benzene rings is 1. The van der Waals surface area contributed by atoms with Crippen LogP contribution in [0, 0.1) is 13.8 Å². The number of hydrogen-bond donors (Lipinski definition) is 1. The van der Waals surface area contributed by atoms with Gasteiger partial charge in [-0.05, 0) is 31.9 Å². The zero-order valence-corrected chi connectivity index (χ0v) is 16.4. The van der Waals surface area contributed by atoms with Crippen LogP contribution in [0.15, 0.2) is 30.6 Å². The van der Waals surface area contributed by atoms with Crippen LogP contribution in [-0.2, 0) is 4.74 Å². The highest BCUT2D eigenvalue weighted by Gasteiger charge is 2.23. The Balaban J connectivity index is 1.61. The first-order valence-corrected chi connectivity index (χ1v) is 9.36. The predicted octanol–water partition coefficient (Wildman–Crippen LogP) is 2.62. The number of hydrogen-bond acceptors (Lipinski definition) is 6. The molecule has 1 fully saturated rings. The Labute approximate surface area is 164 Å². The highest BCUT2D eigenvalue weighted by Crippen LogP contribution is 2.20. The largest absolute Gasteiger partial charge is 0.450 e. The normalized spacial score (nSPS) is 14.0. The number of amides is 2. The molecule has 3 rings (SSSR count). The molecule has 148 valence electrons. The average Bonchev–Trinajstić information content (AvgIpc) is 2.71. The zero-order chi connectivity index (χ0) is 20.1. The molecule has 0 unspecified atom stereocenters. The topological polar surface area (TPSA) is 87.7 Å². The molecule has 8 nitrogen and oxygen atoms in total. The van der Waals surface area contributed by atoms with Gasteiger partial charge < -0.3 is 19.9 Å². The van der Waals surface area contributed by atoms with E-state index >= 15 is 0 Å². The second kappa shape index (κ2) is 8.69. The summed E-state index contributed by atoms with van der Waals surface area (Å²) < 4.78 is 5.03. The number of aryl methyl sites for hydroxylation is 2. The van der Waals surface area contributed by atoms with Crippen molar-refractivity contribution in [3.63, 3.8) is 0 Å². The van der Waals surface area contributed by atoms with Crippen molar-refractivity contribution in [3.05, 3.63) is 47.4 Å². The molecule has 1 saturated heterocycles. The minimum Gasteiger partial charge on any atom is -0.450 e. The van der Waals surface area contributed by atoms with E-state index in [1.165, 1.54) is 6.20 Å². The van der Waals surface area contributed by atoms with Gasteiger partial charge in [0.25, 0.3) is 5.91 Å². The summed E-state index contributed by atoms with van der Waals surface area (Å²) in [5, 5.41) is 2.91. The van der Waals surface area contributed by atoms with E-state index in [0.29, 0.717) is 38.6 Å². The number of nitrogens with one attached hydrogen (secondary N) is 1. The maximum atomic E-state index is 12.5. The van der Waals surface area contributed by atoms with E-state index in [1.54, 1.807) is 18.0 Å². The van der Waals surface area contributed by atoms with Crippen molar-refractivity contribution in [2.45, 2.75) is 20.8 Å². The molecule has 0 bridgehead atoms. The molecule has 2 aromatic rings. The lowest BCUT2D eigenvalue weighted by atomic mass is 10.1. The fourth-order valence-corrected chi connectivity index (χ4v) is 3.12. The van der Waals surface area contributed by atoms with Crippen molar-refractivity contribution >= 4 is 23.5 Å². The first-order valence-electron chi connectivity index (χ1n) is 9.36. The molecule has 1 aliphatic rings. The minimum atomic E-state index is -0.288. The van der Waals surface area contributed by atoms with Gasteiger partial charge in [0.2, 0.25) is 0 Å². The van der Waals surface area contributed by atoms with Gasteiger partial charge in [0.15, 0.2) is 0 Å². The van der Waals surface area contributed by atoms with Crippen LogP contribution in [-0.4, -0.2) is 59.7 Å². The van der Waals surface area contributed by atoms with Crippen LogP contribution < -0.4 is 10.2 Å². The van der Waals surface area contributed by atoms with E-state index in [-0.39, 0.29) is 17.7 Å². The number of piperazine rings is 1. The number of para-hydroxylation sites is 1. The van der Waals surface area contributed by atoms with Gasteiger partial charge in [-0.2, -0.15) is 0 Å². The molecule has 8 heteroatoms. The first-order chi connectivity index (χ1) is 13.5. The molecule has 1 aromatic heterocycles. The van der Waals surface area contributed by atoms with Gasteiger partial charge in [0, 0.05) is 31.9 Å². The predicted molar refractivity (Wildman–Crippen MR) is 107 cm³/mol. The number of ether oxygens (including phenoxy) is 1. The van der Waals surface area contributed by atoms with Crippen molar-refractivity contribution in [2.24, 2.45) is 0 Å². The van der Waals surface area contributed by atoms with E-state index in [4.69, 9.17) is 4.74 Å². The summed E-state index contributed by atoms with van der Waals surface area (Å²) in [6.45, 7) is 8.48. The van der Waals surface area contributed by atoms with E-state index in [0.717, 1.165) is 16.8 Å². The van der Waals surface area contributed by atoms with Crippen LogP contribution in [0.3, 0.4) is 0 Å². The van der Waals surface area contributed by atoms with Gasteiger partial charge in [0.05, 0.1) is 19.0 Å². The molecule has 1 aromatic carbocycles. The van der Waals surface area contributed by atoms with E-state index in [9.17, 15) is 9.59 Å². The molecule has 0 aliphatic carbocycles. The summed E-state index contributed by atoms with van der Waals surface area (Å²) in [6, 6.07) is 5.86. The van der Waals surface area contributed by atoms with Crippen LogP contribution >= 0.6 is 0 Å². The molecule has 28 heavy (non-hydrogen) atoms. The second-order valence-corrected chi connectivity index (χ2v) is 6.65. The summed E-state index contributed by atoms with van der Waals surface area (Å²) in [6.07, 6.45) is 2.79. The SMILES string of the molecule is CCOC(=O)N1CCN(c2cnc(C(=O)Nc3c(C)cccc3C)cn2)CC1. The van der Waals surface area contributed by atoms with Crippen LogP contribution in [0.5, 0.6) is 0 Å². The summed E-state index contributed by atoms with van der Waals surface area (Å²) in [7, 11) is 0. The molecular formula is C20H25N5O3. The van der Waals surface area contributed by atoms with Crippen molar-refractivity contribution in [3.8, 4) is 0 Å². The Morgan fingerprint density at radius 2 is 1.75 bits per heavy atom. The Bertz CT molecular complexity index is 825. The van der Waals surface area contributed by atoms with Gasteiger partial charge in [-0.25, -0.2) is 14.8 Å². The minimum absolute atomic E-state index is 0.261. The van der Waals surface area contributed by atoms with Gasteiger partial charge in [-0.15, -0.1) is 0 Å². The van der Waals surface area contributed by atoms with Crippen molar-refractivity contribution in [2.75, 3.05) is 43.0 Å². The number of carbonyl (C=O) groups is 2. The van der Waals surface area contributed by atoms with Crippen LogP contribution in [0.25, 0.3) is 0 Å². The number of rotatable bonds is 4. The molecule has 0 spiro atoms. The standard InChI is InChI=1S/C20H25N5O3/c1-4-28-20(27)25-10-8-24(9-11-25)17-13-21-16(12-22-17)19(26)23-18-14(2)6-5-7-15(18)3/h5-7,12-13H,4,8-11H2,1-3H3,(H,23,26). The van der Waals surface area contributed by atoms with Crippen molar-refractivity contribution in [1.82, 2.24) is 14.9 Å². The number of anilines is 2. The van der Waals surface area contributed by atoms with Gasteiger partial charge >= 0.3 is 6.09 Å². The Morgan fingerprint density at radius 3 is 2.32 bits per heavy atom. The second-order valence-electron chi connectivity index (χ2n) is 6.65. The van der Waals surface area contributed by atoms with E-state index in [2.05, 4.69) is 15.3 Å². The highest BCUT2D eigenvalue weighted by molar-refractivity contribution is 6.03. The summed E-state index contributed by atoms with van der Waals surface area (Å²) in [5.41, 5.74) is 3.06. The number of carbonyl (C=O) groups excluding carboxylic acids is 2.